The first-order chi connectivity index (χ1) is 14.2. The Morgan fingerprint density at radius 1 is 1.03 bits per heavy atom. The molecule has 0 radical (unpaired) electrons. The summed E-state index contributed by atoms with van der Waals surface area (Å²) in [7, 11) is -3.67. The fraction of sp³-hybridized carbons (Fsp3) is 0.435. The van der Waals surface area contributed by atoms with Crippen LogP contribution in [0.15, 0.2) is 47.4 Å². The number of nitrogens with one attached hydrogen (secondary N) is 1. The fourth-order valence-corrected chi connectivity index (χ4v) is 5.14. The van der Waals surface area contributed by atoms with Gasteiger partial charge in [0.15, 0.2) is 0 Å². The Balaban J connectivity index is 1.90. The quantitative estimate of drug-likeness (QED) is 0.762. The smallest absolute Gasteiger partial charge is 0.252 e. The molecular weight excluding hydrogens is 400 g/mol. The first kappa shape index (κ1) is 22.5. The number of rotatable bonds is 6. The van der Waals surface area contributed by atoms with Crippen molar-refractivity contribution >= 4 is 15.9 Å². The normalized spacial score (nSPS) is 16.4. The van der Waals surface area contributed by atoms with E-state index in [0.29, 0.717) is 31.9 Å². The third kappa shape index (κ3) is 4.74. The Bertz CT molecular complexity index is 1010. The minimum absolute atomic E-state index is 0.136. The molecule has 162 valence electrons. The van der Waals surface area contributed by atoms with Crippen LogP contribution in [0.1, 0.15) is 46.9 Å². The van der Waals surface area contributed by atoms with Crippen molar-refractivity contribution in [2.24, 2.45) is 5.92 Å². The highest BCUT2D eigenvalue weighted by atomic mass is 32.2. The molecule has 0 aliphatic carbocycles. The molecule has 1 heterocycles. The van der Waals surface area contributed by atoms with Gasteiger partial charge < -0.3 is 10.1 Å². The lowest BCUT2D eigenvalue weighted by atomic mass is 9.92. The van der Waals surface area contributed by atoms with E-state index in [9.17, 15) is 13.2 Å². The molecule has 1 fully saturated rings. The number of aryl methyl sites for hydroxylation is 2. The van der Waals surface area contributed by atoms with Crippen molar-refractivity contribution in [3.05, 3.63) is 64.7 Å². The maximum Gasteiger partial charge on any atom is 0.252 e. The summed E-state index contributed by atoms with van der Waals surface area (Å²) in [4.78, 5) is 13.3. The maximum atomic E-state index is 13.2. The molecule has 1 amide bonds. The third-order valence-corrected chi connectivity index (χ3v) is 7.43. The van der Waals surface area contributed by atoms with Gasteiger partial charge in [-0.1, -0.05) is 44.2 Å². The number of amides is 1. The van der Waals surface area contributed by atoms with E-state index in [0.717, 1.165) is 16.7 Å². The van der Waals surface area contributed by atoms with Crippen molar-refractivity contribution in [1.82, 2.24) is 9.62 Å². The Hall–Kier alpha value is -2.22. The molecule has 1 saturated heterocycles. The second-order valence-electron chi connectivity index (χ2n) is 8.04. The molecule has 0 bridgehead atoms. The summed E-state index contributed by atoms with van der Waals surface area (Å²) < 4.78 is 32.7. The standard InChI is InChI=1S/C23H30N2O4S/c1-16(2)22(20-8-6-5-7-17(20)3)24-23(26)21-15-19(10-9-18(21)4)30(27,28)25-11-13-29-14-12-25/h5-10,15-16,22H,11-14H2,1-4H3,(H,24,26). The topological polar surface area (TPSA) is 75.7 Å². The summed E-state index contributed by atoms with van der Waals surface area (Å²) in [6.07, 6.45) is 0. The van der Waals surface area contributed by atoms with Gasteiger partial charge in [0, 0.05) is 18.7 Å². The minimum atomic E-state index is -3.67. The first-order valence-corrected chi connectivity index (χ1v) is 11.7. The second-order valence-corrected chi connectivity index (χ2v) is 9.98. The van der Waals surface area contributed by atoms with Crippen LogP contribution in [0, 0.1) is 19.8 Å². The molecule has 3 rings (SSSR count). The number of carbonyl (C=O) groups excluding carboxylic acids is 1. The summed E-state index contributed by atoms with van der Waals surface area (Å²) in [6, 6.07) is 12.6. The third-order valence-electron chi connectivity index (χ3n) is 5.54. The molecule has 0 saturated carbocycles. The van der Waals surface area contributed by atoms with Crippen LogP contribution in [0.5, 0.6) is 0 Å². The van der Waals surface area contributed by atoms with Crippen LogP contribution >= 0.6 is 0 Å². The van der Waals surface area contributed by atoms with Gasteiger partial charge in [-0.25, -0.2) is 8.42 Å². The molecule has 1 unspecified atom stereocenters. The Morgan fingerprint density at radius 2 is 1.70 bits per heavy atom. The van der Waals surface area contributed by atoms with E-state index in [-0.39, 0.29) is 22.8 Å². The summed E-state index contributed by atoms with van der Waals surface area (Å²) in [5.74, 6) is -0.0934. The van der Waals surface area contributed by atoms with E-state index in [1.54, 1.807) is 12.1 Å². The van der Waals surface area contributed by atoms with Gasteiger partial charge in [0.1, 0.15) is 0 Å². The largest absolute Gasteiger partial charge is 0.379 e. The zero-order chi connectivity index (χ0) is 21.9. The van der Waals surface area contributed by atoms with Gasteiger partial charge in [-0.2, -0.15) is 4.31 Å². The molecule has 1 aliphatic heterocycles. The van der Waals surface area contributed by atoms with Gasteiger partial charge in [0.05, 0.1) is 24.2 Å². The van der Waals surface area contributed by atoms with E-state index in [2.05, 4.69) is 19.2 Å². The lowest BCUT2D eigenvalue weighted by Gasteiger charge is -2.27. The molecule has 1 atom stereocenters. The van der Waals surface area contributed by atoms with E-state index < -0.39 is 10.0 Å². The van der Waals surface area contributed by atoms with Crippen LogP contribution in [-0.4, -0.2) is 44.9 Å². The Labute approximate surface area is 179 Å². The van der Waals surface area contributed by atoms with Gasteiger partial charge in [-0.3, -0.25) is 4.79 Å². The first-order valence-electron chi connectivity index (χ1n) is 10.3. The molecule has 2 aromatic rings. The molecule has 6 nitrogen and oxygen atoms in total. The van der Waals surface area contributed by atoms with Crippen molar-refractivity contribution in [1.29, 1.82) is 0 Å². The van der Waals surface area contributed by atoms with Crippen molar-refractivity contribution in [3.8, 4) is 0 Å². The van der Waals surface area contributed by atoms with Crippen LogP contribution in [0.4, 0.5) is 0 Å². The van der Waals surface area contributed by atoms with Gasteiger partial charge >= 0.3 is 0 Å². The zero-order valence-corrected chi connectivity index (χ0v) is 18.8. The van der Waals surface area contributed by atoms with Gasteiger partial charge in [-0.05, 0) is 48.6 Å². The molecule has 1 N–H and O–H groups in total. The van der Waals surface area contributed by atoms with Crippen LogP contribution < -0.4 is 5.32 Å². The molecule has 30 heavy (non-hydrogen) atoms. The van der Waals surface area contributed by atoms with E-state index >= 15 is 0 Å². The highest BCUT2D eigenvalue weighted by Crippen LogP contribution is 2.26. The number of sulfonamides is 1. The number of ether oxygens (including phenoxy) is 1. The van der Waals surface area contributed by atoms with E-state index in [1.807, 2.05) is 38.1 Å². The minimum Gasteiger partial charge on any atom is -0.379 e. The van der Waals surface area contributed by atoms with Gasteiger partial charge in [0.25, 0.3) is 5.91 Å². The lowest BCUT2D eigenvalue weighted by molar-refractivity contribution is 0.0730. The Kier molecular flexibility index (Phi) is 6.95. The predicted molar refractivity (Wildman–Crippen MR) is 117 cm³/mol. The maximum absolute atomic E-state index is 13.2. The second kappa shape index (κ2) is 9.29. The number of nitrogens with zero attached hydrogens (tertiary/aromatic N) is 1. The predicted octanol–water partition coefficient (Wildman–Crippen LogP) is 3.45. The highest BCUT2D eigenvalue weighted by molar-refractivity contribution is 7.89. The van der Waals surface area contributed by atoms with Crippen LogP contribution in [0.2, 0.25) is 0 Å². The monoisotopic (exact) mass is 430 g/mol. The average molecular weight is 431 g/mol. The van der Waals surface area contributed by atoms with Gasteiger partial charge in [-0.15, -0.1) is 0 Å². The number of hydrogen-bond acceptors (Lipinski definition) is 4. The van der Waals surface area contributed by atoms with Crippen molar-refractivity contribution in [2.45, 2.75) is 38.6 Å². The zero-order valence-electron chi connectivity index (χ0n) is 18.0. The van der Waals surface area contributed by atoms with Crippen molar-refractivity contribution < 1.29 is 17.9 Å². The van der Waals surface area contributed by atoms with E-state index in [4.69, 9.17) is 4.74 Å². The van der Waals surface area contributed by atoms with Crippen molar-refractivity contribution in [2.75, 3.05) is 26.3 Å². The lowest BCUT2D eigenvalue weighted by Crippen LogP contribution is -2.40. The number of hydrogen-bond donors (Lipinski definition) is 1. The highest BCUT2D eigenvalue weighted by Gasteiger charge is 2.28. The number of carbonyl (C=O) groups is 1. The van der Waals surface area contributed by atoms with E-state index in [1.165, 1.54) is 10.4 Å². The number of morpholine rings is 1. The molecule has 0 aromatic heterocycles. The van der Waals surface area contributed by atoms with Crippen LogP contribution in [-0.2, 0) is 14.8 Å². The molecule has 0 spiro atoms. The molecule has 2 aromatic carbocycles. The molecule has 1 aliphatic rings. The summed E-state index contributed by atoms with van der Waals surface area (Å²) in [6.45, 7) is 9.36. The SMILES string of the molecule is Cc1ccc(S(=O)(=O)N2CCOCC2)cc1C(=O)NC(c1ccccc1C)C(C)C. The van der Waals surface area contributed by atoms with Gasteiger partial charge in [0.2, 0.25) is 10.0 Å². The van der Waals surface area contributed by atoms with Crippen LogP contribution in [0.3, 0.4) is 0 Å². The summed E-state index contributed by atoms with van der Waals surface area (Å²) in [5.41, 5.74) is 3.29. The summed E-state index contributed by atoms with van der Waals surface area (Å²) in [5, 5.41) is 3.12. The molecule has 7 heteroatoms. The molecular formula is C23H30N2O4S. The Morgan fingerprint density at radius 3 is 2.33 bits per heavy atom. The average Bonchev–Trinajstić information content (AvgIpc) is 2.73. The van der Waals surface area contributed by atoms with Crippen LogP contribution in [0.25, 0.3) is 0 Å². The van der Waals surface area contributed by atoms with Crippen molar-refractivity contribution in [3.63, 3.8) is 0 Å². The number of benzene rings is 2. The summed E-state index contributed by atoms with van der Waals surface area (Å²) >= 11 is 0. The fourth-order valence-electron chi connectivity index (χ4n) is 3.70.